The van der Waals surface area contributed by atoms with Crippen molar-refractivity contribution in [2.45, 2.75) is 13.3 Å². The Hall–Kier alpha value is -1.07. The highest BCUT2D eigenvalue weighted by molar-refractivity contribution is 7.99. The van der Waals surface area contributed by atoms with Gasteiger partial charge in [-0.3, -0.25) is 4.79 Å². The number of anilines is 1. The minimum absolute atomic E-state index is 0.0542. The van der Waals surface area contributed by atoms with Gasteiger partial charge in [0.05, 0.1) is 0 Å². The number of rotatable bonds is 4. The van der Waals surface area contributed by atoms with Gasteiger partial charge >= 0.3 is 0 Å². The van der Waals surface area contributed by atoms with Crippen molar-refractivity contribution in [3.63, 3.8) is 0 Å². The van der Waals surface area contributed by atoms with E-state index in [1.807, 2.05) is 11.8 Å². The predicted octanol–water partition coefficient (Wildman–Crippen LogP) is 2.51. The molecule has 0 bridgehead atoms. The van der Waals surface area contributed by atoms with Gasteiger partial charge in [-0.1, -0.05) is 6.07 Å². The molecule has 0 radical (unpaired) electrons. The first kappa shape index (κ1) is 14.3. The van der Waals surface area contributed by atoms with Gasteiger partial charge in [-0.2, -0.15) is 11.8 Å². The summed E-state index contributed by atoms with van der Waals surface area (Å²) in [6.45, 7) is 4.59. The van der Waals surface area contributed by atoms with Gasteiger partial charge in [0.15, 0.2) is 0 Å². The van der Waals surface area contributed by atoms with Gasteiger partial charge in [0.25, 0.3) is 0 Å². The first-order valence-electron chi connectivity index (χ1n) is 6.51. The summed E-state index contributed by atoms with van der Waals surface area (Å²) in [6, 6.07) is 4.77. The highest BCUT2D eigenvalue weighted by Gasteiger charge is 2.12. The lowest BCUT2D eigenvalue weighted by Crippen LogP contribution is -2.34. The highest BCUT2D eigenvalue weighted by Crippen LogP contribution is 2.14. The Morgan fingerprint density at radius 1 is 1.42 bits per heavy atom. The zero-order valence-corrected chi connectivity index (χ0v) is 11.9. The molecule has 0 saturated carbocycles. The van der Waals surface area contributed by atoms with Crippen LogP contribution < -0.4 is 5.32 Å². The SMILES string of the molecule is Cc1ccc(NC(=O)CCN2CCSCC2)cc1F. The van der Waals surface area contributed by atoms with Crippen molar-refractivity contribution in [2.75, 3.05) is 36.5 Å². The van der Waals surface area contributed by atoms with E-state index in [4.69, 9.17) is 0 Å². The molecule has 1 aliphatic heterocycles. The van der Waals surface area contributed by atoms with Crippen LogP contribution in [0.15, 0.2) is 18.2 Å². The maximum absolute atomic E-state index is 13.3. The minimum Gasteiger partial charge on any atom is -0.326 e. The summed E-state index contributed by atoms with van der Waals surface area (Å²) < 4.78 is 13.3. The zero-order chi connectivity index (χ0) is 13.7. The molecule has 1 amide bonds. The molecule has 0 unspecified atom stereocenters. The summed E-state index contributed by atoms with van der Waals surface area (Å²) in [7, 11) is 0. The maximum atomic E-state index is 13.3. The molecule has 0 aromatic heterocycles. The van der Waals surface area contributed by atoms with E-state index < -0.39 is 0 Å². The molecule has 0 atom stereocenters. The molecule has 0 aliphatic carbocycles. The third kappa shape index (κ3) is 4.51. The van der Waals surface area contributed by atoms with E-state index in [0.29, 0.717) is 17.7 Å². The number of nitrogens with zero attached hydrogens (tertiary/aromatic N) is 1. The molecule has 1 N–H and O–H groups in total. The van der Waals surface area contributed by atoms with E-state index in [0.717, 1.165) is 31.1 Å². The van der Waals surface area contributed by atoms with E-state index in [9.17, 15) is 9.18 Å². The number of nitrogens with one attached hydrogen (secondary N) is 1. The molecule has 1 heterocycles. The van der Waals surface area contributed by atoms with Gasteiger partial charge in [-0.05, 0) is 24.6 Å². The van der Waals surface area contributed by atoms with Gasteiger partial charge in [0.1, 0.15) is 5.82 Å². The number of carbonyl (C=O) groups is 1. The van der Waals surface area contributed by atoms with Crippen molar-refractivity contribution in [3.8, 4) is 0 Å². The van der Waals surface area contributed by atoms with Crippen molar-refractivity contribution in [1.82, 2.24) is 4.90 Å². The highest BCUT2D eigenvalue weighted by atomic mass is 32.2. The van der Waals surface area contributed by atoms with Gasteiger partial charge in [0, 0.05) is 43.2 Å². The third-order valence-electron chi connectivity index (χ3n) is 3.21. The molecule has 3 nitrogen and oxygen atoms in total. The van der Waals surface area contributed by atoms with Crippen molar-refractivity contribution in [1.29, 1.82) is 0 Å². The second-order valence-corrected chi connectivity index (χ2v) is 5.94. The fraction of sp³-hybridized carbons (Fsp3) is 0.500. The standard InChI is InChI=1S/C14H19FN2OS/c1-11-2-3-12(10-13(11)15)16-14(18)4-5-17-6-8-19-9-7-17/h2-3,10H,4-9H2,1H3,(H,16,18). The molecule has 1 saturated heterocycles. The van der Waals surface area contributed by atoms with Crippen LogP contribution in [0.4, 0.5) is 10.1 Å². The van der Waals surface area contributed by atoms with Crippen LogP contribution in [0.1, 0.15) is 12.0 Å². The van der Waals surface area contributed by atoms with Crippen LogP contribution in [0.3, 0.4) is 0 Å². The van der Waals surface area contributed by atoms with Crippen molar-refractivity contribution >= 4 is 23.4 Å². The number of hydrogen-bond acceptors (Lipinski definition) is 3. The number of halogens is 1. The van der Waals surface area contributed by atoms with E-state index in [2.05, 4.69) is 10.2 Å². The number of thioether (sulfide) groups is 1. The van der Waals surface area contributed by atoms with Crippen LogP contribution in [-0.2, 0) is 4.79 Å². The Kier molecular flexibility index (Phi) is 5.22. The summed E-state index contributed by atoms with van der Waals surface area (Å²) in [4.78, 5) is 14.1. The molecular formula is C14H19FN2OS. The van der Waals surface area contributed by atoms with Gasteiger partial charge in [0.2, 0.25) is 5.91 Å². The average molecular weight is 282 g/mol. The topological polar surface area (TPSA) is 32.3 Å². The van der Waals surface area contributed by atoms with Crippen LogP contribution in [-0.4, -0.2) is 41.9 Å². The Morgan fingerprint density at radius 3 is 2.84 bits per heavy atom. The molecule has 2 rings (SSSR count). The van der Waals surface area contributed by atoms with E-state index in [1.54, 1.807) is 19.1 Å². The first-order valence-corrected chi connectivity index (χ1v) is 7.67. The van der Waals surface area contributed by atoms with Gasteiger partial charge in [-0.15, -0.1) is 0 Å². The largest absolute Gasteiger partial charge is 0.326 e. The molecule has 1 aliphatic rings. The summed E-state index contributed by atoms with van der Waals surface area (Å²) in [5.41, 5.74) is 1.12. The van der Waals surface area contributed by atoms with E-state index in [1.165, 1.54) is 6.07 Å². The molecule has 5 heteroatoms. The number of carbonyl (C=O) groups excluding carboxylic acids is 1. The minimum atomic E-state index is -0.286. The smallest absolute Gasteiger partial charge is 0.225 e. The fourth-order valence-electron chi connectivity index (χ4n) is 1.98. The molecule has 19 heavy (non-hydrogen) atoms. The van der Waals surface area contributed by atoms with Crippen molar-refractivity contribution in [3.05, 3.63) is 29.6 Å². The zero-order valence-electron chi connectivity index (χ0n) is 11.1. The lowest BCUT2D eigenvalue weighted by atomic mass is 10.2. The lowest BCUT2D eigenvalue weighted by molar-refractivity contribution is -0.116. The van der Waals surface area contributed by atoms with Gasteiger partial charge < -0.3 is 10.2 Å². The third-order valence-corrected chi connectivity index (χ3v) is 4.16. The van der Waals surface area contributed by atoms with Crippen LogP contribution in [0.2, 0.25) is 0 Å². The van der Waals surface area contributed by atoms with E-state index >= 15 is 0 Å². The molecule has 1 aromatic rings. The molecule has 104 valence electrons. The second kappa shape index (κ2) is 6.91. The summed E-state index contributed by atoms with van der Waals surface area (Å²) in [5, 5.41) is 2.74. The lowest BCUT2D eigenvalue weighted by Gasteiger charge is -2.25. The van der Waals surface area contributed by atoms with Crippen LogP contribution in [0, 0.1) is 12.7 Å². The van der Waals surface area contributed by atoms with Crippen molar-refractivity contribution in [2.24, 2.45) is 0 Å². The fourth-order valence-corrected chi connectivity index (χ4v) is 2.96. The number of hydrogen-bond donors (Lipinski definition) is 1. The average Bonchev–Trinajstić information content (AvgIpc) is 2.42. The van der Waals surface area contributed by atoms with Crippen LogP contribution in [0.5, 0.6) is 0 Å². The summed E-state index contributed by atoms with van der Waals surface area (Å²) in [6.07, 6.45) is 0.458. The summed E-state index contributed by atoms with van der Waals surface area (Å²) >= 11 is 1.95. The monoisotopic (exact) mass is 282 g/mol. The number of benzene rings is 1. The Morgan fingerprint density at radius 2 is 2.16 bits per heavy atom. The molecule has 1 fully saturated rings. The maximum Gasteiger partial charge on any atom is 0.225 e. The molecule has 0 spiro atoms. The van der Waals surface area contributed by atoms with Crippen molar-refractivity contribution < 1.29 is 9.18 Å². The first-order chi connectivity index (χ1) is 9.15. The molecular weight excluding hydrogens is 263 g/mol. The number of aryl methyl sites for hydroxylation is 1. The van der Waals surface area contributed by atoms with Crippen LogP contribution >= 0.6 is 11.8 Å². The Labute approximate surface area is 117 Å². The Balaban J connectivity index is 1.78. The summed E-state index contributed by atoms with van der Waals surface area (Å²) in [5.74, 6) is 1.95. The number of amides is 1. The predicted molar refractivity (Wildman–Crippen MR) is 78.1 cm³/mol. The van der Waals surface area contributed by atoms with Gasteiger partial charge in [-0.25, -0.2) is 4.39 Å². The molecule has 1 aromatic carbocycles. The quantitative estimate of drug-likeness (QED) is 0.921. The van der Waals surface area contributed by atoms with E-state index in [-0.39, 0.29) is 11.7 Å². The second-order valence-electron chi connectivity index (χ2n) is 4.72. The Bertz CT molecular complexity index is 447. The van der Waals surface area contributed by atoms with Crippen LogP contribution in [0.25, 0.3) is 0 Å². The normalized spacial score (nSPS) is 16.3.